The Balaban J connectivity index is 1.81. The molecule has 0 radical (unpaired) electrons. The Bertz CT molecular complexity index is 533. The van der Waals surface area contributed by atoms with E-state index < -0.39 is 0 Å². The third kappa shape index (κ3) is 3.74. The molecule has 0 heterocycles. The van der Waals surface area contributed by atoms with Gasteiger partial charge in [0, 0.05) is 12.8 Å². The van der Waals surface area contributed by atoms with Gasteiger partial charge in [0.05, 0.1) is 0 Å². The maximum atomic E-state index is 11.4. The Morgan fingerprint density at radius 3 is 1.76 bits per heavy atom. The second-order valence-corrected chi connectivity index (χ2v) is 6.90. The molecule has 1 aliphatic carbocycles. The van der Waals surface area contributed by atoms with E-state index in [0.717, 1.165) is 12.8 Å². The van der Waals surface area contributed by atoms with Crippen LogP contribution in [-0.4, -0.2) is 11.9 Å². The number of Topliss-reactive ketones (excluding diaryl/α,β-unsaturated/α-hetero) is 1. The predicted molar refractivity (Wildman–Crippen MR) is 85.1 cm³/mol. The van der Waals surface area contributed by atoms with E-state index in [1.807, 2.05) is 36.4 Å². The molecule has 3 rings (SSSR count). The van der Waals surface area contributed by atoms with Gasteiger partial charge in [-0.1, -0.05) is 36.4 Å². The number of carbonyl (C=O) groups is 1. The normalized spacial score (nSPS) is 16.3. The average molecular weight is 299 g/mol. The van der Waals surface area contributed by atoms with Gasteiger partial charge in [0.1, 0.15) is 11.9 Å². The van der Waals surface area contributed by atoms with Gasteiger partial charge in [0.15, 0.2) is 9.79 Å². The van der Waals surface area contributed by atoms with Crippen LogP contribution in [0.15, 0.2) is 70.5 Å². The van der Waals surface area contributed by atoms with Crippen molar-refractivity contribution in [3.8, 4) is 0 Å². The molecule has 3 heteroatoms. The van der Waals surface area contributed by atoms with Gasteiger partial charge in [-0.15, -0.1) is 0 Å². The van der Waals surface area contributed by atoms with Crippen LogP contribution in [0.1, 0.15) is 25.7 Å². The van der Waals surface area contributed by atoms with Crippen LogP contribution in [0.3, 0.4) is 0 Å². The summed E-state index contributed by atoms with van der Waals surface area (Å²) < 4.78 is 6.39. The highest BCUT2D eigenvalue weighted by atomic mass is 32.2. The summed E-state index contributed by atoms with van der Waals surface area (Å²) >= 11 is -0.371. The van der Waals surface area contributed by atoms with E-state index in [9.17, 15) is 4.79 Å². The highest BCUT2D eigenvalue weighted by Gasteiger charge is 2.33. The summed E-state index contributed by atoms with van der Waals surface area (Å²) in [7, 11) is 0. The molecular weight excluding hydrogens is 280 g/mol. The lowest BCUT2D eigenvalue weighted by Gasteiger charge is -2.19. The highest BCUT2D eigenvalue weighted by molar-refractivity contribution is 7.92. The first-order chi connectivity index (χ1) is 10.3. The van der Waals surface area contributed by atoms with Crippen molar-refractivity contribution >= 4 is 17.0 Å². The van der Waals surface area contributed by atoms with Crippen LogP contribution in [0.4, 0.5) is 0 Å². The molecule has 0 atom stereocenters. The summed E-state index contributed by atoms with van der Waals surface area (Å²) in [4.78, 5) is 13.8. The standard InChI is InChI=1S/C18H19O2S/c19-15-11-13-16(14-12-15)20-21(17-7-3-1-4-8-17)18-9-5-2-6-10-18/h1-10,16H,11-14H2/q+1. The number of carbonyl (C=O) groups excluding carboxylic acids is 1. The monoisotopic (exact) mass is 299 g/mol. The van der Waals surface area contributed by atoms with Crippen molar-refractivity contribution in [3.63, 3.8) is 0 Å². The Morgan fingerprint density at radius 2 is 1.29 bits per heavy atom. The van der Waals surface area contributed by atoms with Crippen LogP contribution in [0.25, 0.3) is 0 Å². The first-order valence-electron chi connectivity index (χ1n) is 7.36. The third-order valence-electron chi connectivity index (χ3n) is 3.64. The lowest BCUT2D eigenvalue weighted by molar-refractivity contribution is -0.121. The van der Waals surface area contributed by atoms with Crippen molar-refractivity contribution < 1.29 is 8.98 Å². The van der Waals surface area contributed by atoms with Gasteiger partial charge in [-0.25, -0.2) is 0 Å². The Kier molecular flexibility index (Phi) is 4.73. The first kappa shape index (κ1) is 14.4. The third-order valence-corrected chi connectivity index (χ3v) is 5.50. The summed E-state index contributed by atoms with van der Waals surface area (Å²) in [5, 5.41) is 0. The van der Waals surface area contributed by atoms with Gasteiger partial charge >= 0.3 is 0 Å². The van der Waals surface area contributed by atoms with Crippen molar-refractivity contribution in [1.29, 1.82) is 0 Å². The minimum atomic E-state index is -0.371. The zero-order chi connectivity index (χ0) is 14.5. The van der Waals surface area contributed by atoms with Crippen LogP contribution in [0.5, 0.6) is 0 Å². The SMILES string of the molecule is O=C1CCC(O[S+](c2ccccc2)c2ccccc2)CC1. The Hall–Kier alpha value is -1.58. The summed E-state index contributed by atoms with van der Waals surface area (Å²) in [6, 6.07) is 20.7. The first-order valence-corrected chi connectivity index (χ1v) is 8.51. The number of rotatable bonds is 4. The zero-order valence-corrected chi connectivity index (χ0v) is 12.7. The summed E-state index contributed by atoms with van der Waals surface area (Å²) in [6.07, 6.45) is 3.20. The quantitative estimate of drug-likeness (QED) is 0.792. The van der Waals surface area contributed by atoms with Crippen molar-refractivity contribution in [3.05, 3.63) is 60.7 Å². The number of ketones is 1. The molecule has 0 spiro atoms. The van der Waals surface area contributed by atoms with Gasteiger partial charge in [0.2, 0.25) is 11.2 Å². The van der Waals surface area contributed by atoms with Crippen molar-refractivity contribution in [2.75, 3.05) is 0 Å². The van der Waals surface area contributed by atoms with Crippen molar-refractivity contribution in [2.45, 2.75) is 41.6 Å². The molecule has 2 aromatic rings. The molecule has 0 unspecified atom stereocenters. The van der Waals surface area contributed by atoms with Crippen LogP contribution in [-0.2, 0) is 20.2 Å². The molecule has 1 fully saturated rings. The largest absolute Gasteiger partial charge is 0.300 e. The fraction of sp³-hybridized carbons (Fsp3) is 0.278. The molecule has 108 valence electrons. The van der Waals surface area contributed by atoms with E-state index in [2.05, 4.69) is 24.3 Å². The molecule has 0 amide bonds. The molecule has 2 nitrogen and oxygen atoms in total. The van der Waals surface area contributed by atoms with Crippen LogP contribution >= 0.6 is 0 Å². The fourth-order valence-corrected chi connectivity index (χ4v) is 4.25. The van der Waals surface area contributed by atoms with Crippen LogP contribution in [0.2, 0.25) is 0 Å². The minimum Gasteiger partial charge on any atom is -0.300 e. The second kappa shape index (κ2) is 6.92. The van der Waals surface area contributed by atoms with Gasteiger partial charge in [-0.05, 0) is 37.1 Å². The van der Waals surface area contributed by atoms with E-state index in [1.165, 1.54) is 9.79 Å². The number of hydrogen-bond acceptors (Lipinski definition) is 2. The lowest BCUT2D eigenvalue weighted by Crippen LogP contribution is -2.25. The maximum Gasteiger partial charge on any atom is 0.223 e. The molecule has 1 saturated carbocycles. The Morgan fingerprint density at radius 1 is 0.810 bits per heavy atom. The predicted octanol–water partition coefficient (Wildman–Crippen LogP) is 4.17. The number of benzene rings is 2. The summed E-state index contributed by atoms with van der Waals surface area (Å²) in [5.74, 6) is 0.370. The zero-order valence-electron chi connectivity index (χ0n) is 11.9. The second-order valence-electron chi connectivity index (χ2n) is 5.23. The van der Waals surface area contributed by atoms with Gasteiger partial charge < -0.3 is 0 Å². The average Bonchev–Trinajstić information content (AvgIpc) is 2.56. The van der Waals surface area contributed by atoms with E-state index in [0.29, 0.717) is 18.6 Å². The summed E-state index contributed by atoms with van der Waals surface area (Å²) in [5.41, 5.74) is 0. The highest BCUT2D eigenvalue weighted by Crippen LogP contribution is 2.29. The van der Waals surface area contributed by atoms with Gasteiger partial charge in [0.25, 0.3) is 0 Å². The smallest absolute Gasteiger partial charge is 0.223 e. The van der Waals surface area contributed by atoms with Gasteiger partial charge in [-0.2, -0.15) is 4.18 Å². The van der Waals surface area contributed by atoms with Crippen molar-refractivity contribution in [1.82, 2.24) is 0 Å². The van der Waals surface area contributed by atoms with E-state index in [-0.39, 0.29) is 17.3 Å². The van der Waals surface area contributed by atoms with Gasteiger partial charge in [-0.3, -0.25) is 4.79 Å². The molecule has 2 aromatic carbocycles. The fourth-order valence-electron chi connectivity index (χ4n) is 2.48. The lowest BCUT2D eigenvalue weighted by atomic mass is 9.97. The molecule has 0 aromatic heterocycles. The van der Waals surface area contributed by atoms with E-state index in [1.54, 1.807) is 0 Å². The molecule has 0 N–H and O–H groups in total. The van der Waals surface area contributed by atoms with E-state index >= 15 is 0 Å². The molecule has 0 saturated heterocycles. The van der Waals surface area contributed by atoms with E-state index in [4.69, 9.17) is 4.18 Å². The van der Waals surface area contributed by atoms with Crippen molar-refractivity contribution in [2.24, 2.45) is 0 Å². The van der Waals surface area contributed by atoms with Crippen LogP contribution < -0.4 is 0 Å². The number of hydrogen-bond donors (Lipinski definition) is 0. The minimum absolute atomic E-state index is 0.187. The molecule has 0 aliphatic heterocycles. The Labute approximate surface area is 128 Å². The molecule has 0 bridgehead atoms. The topological polar surface area (TPSA) is 26.3 Å². The maximum absolute atomic E-state index is 11.4. The van der Waals surface area contributed by atoms with Crippen LogP contribution in [0, 0.1) is 0 Å². The molecule has 1 aliphatic rings. The molecular formula is C18H19O2S+. The summed E-state index contributed by atoms with van der Waals surface area (Å²) in [6.45, 7) is 0. The molecule has 21 heavy (non-hydrogen) atoms.